The summed E-state index contributed by atoms with van der Waals surface area (Å²) in [4.78, 5) is 33.2. The quantitative estimate of drug-likeness (QED) is 0.815. The Labute approximate surface area is 97.6 Å². The van der Waals surface area contributed by atoms with Crippen molar-refractivity contribution in [1.29, 1.82) is 0 Å². The molecule has 84 valence electrons. The van der Waals surface area contributed by atoms with E-state index in [2.05, 4.69) is 5.32 Å². The Morgan fingerprint density at radius 3 is 2.25 bits per heavy atom. The zero-order valence-corrected chi connectivity index (χ0v) is 9.38. The molecule has 5 heteroatoms. The van der Waals surface area contributed by atoms with Gasteiger partial charge in [-0.15, -0.1) is 0 Å². The number of Topliss-reactive ketones (excluding diaryl/α,β-unsaturated/α-hetero) is 1. The highest BCUT2D eigenvalue weighted by Gasteiger charge is 2.11. The molecular weight excluding hydrogens is 230 g/mol. The summed E-state index contributed by atoms with van der Waals surface area (Å²) in [5.74, 6) is -1.43. The van der Waals surface area contributed by atoms with Crippen LogP contribution in [0.15, 0.2) is 24.3 Å². The highest BCUT2D eigenvalue weighted by molar-refractivity contribution is 6.30. The summed E-state index contributed by atoms with van der Waals surface area (Å²) < 4.78 is 0. The van der Waals surface area contributed by atoms with Crippen molar-refractivity contribution in [2.24, 2.45) is 0 Å². The summed E-state index contributed by atoms with van der Waals surface area (Å²) in [5.41, 5.74) is 0.321. The van der Waals surface area contributed by atoms with Gasteiger partial charge in [0.1, 0.15) is 5.78 Å². The van der Waals surface area contributed by atoms with Crippen LogP contribution in [0.3, 0.4) is 0 Å². The number of ketones is 1. The van der Waals surface area contributed by atoms with Gasteiger partial charge in [-0.2, -0.15) is 0 Å². The molecule has 0 spiro atoms. The molecule has 0 fully saturated rings. The summed E-state index contributed by atoms with van der Waals surface area (Å²) >= 11 is 5.65. The molecule has 1 aromatic rings. The van der Waals surface area contributed by atoms with Crippen LogP contribution in [0.4, 0.5) is 0 Å². The lowest BCUT2D eigenvalue weighted by atomic mass is 10.2. The average molecular weight is 240 g/mol. The van der Waals surface area contributed by atoms with E-state index in [1.54, 1.807) is 12.1 Å². The number of nitrogens with one attached hydrogen (secondary N) is 1. The van der Waals surface area contributed by atoms with Crippen LogP contribution < -0.4 is 5.32 Å². The van der Waals surface area contributed by atoms with Crippen molar-refractivity contribution in [3.8, 4) is 0 Å². The summed E-state index contributed by atoms with van der Waals surface area (Å²) in [7, 11) is 0. The Morgan fingerprint density at radius 1 is 1.19 bits per heavy atom. The molecular formula is C11H10ClNO3. The van der Waals surface area contributed by atoms with Gasteiger partial charge in [-0.3, -0.25) is 19.7 Å². The second-order valence-electron chi connectivity index (χ2n) is 3.26. The Balaban J connectivity index is 2.62. The topological polar surface area (TPSA) is 63.2 Å². The van der Waals surface area contributed by atoms with Crippen LogP contribution in [-0.4, -0.2) is 17.6 Å². The fraction of sp³-hybridized carbons (Fsp3) is 0.182. The maximum Gasteiger partial charge on any atom is 0.257 e. The Hall–Kier alpha value is -1.68. The first-order valence-electron chi connectivity index (χ1n) is 4.58. The number of imide groups is 1. The van der Waals surface area contributed by atoms with Gasteiger partial charge >= 0.3 is 0 Å². The van der Waals surface area contributed by atoms with E-state index in [0.717, 1.165) is 0 Å². The lowest BCUT2D eigenvalue weighted by molar-refractivity contribution is -0.126. The molecule has 0 bridgehead atoms. The van der Waals surface area contributed by atoms with Gasteiger partial charge in [0.15, 0.2) is 0 Å². The van der Waals surface area contributed by atoms with Crippen molar-refractivity contribution in [1.82, 2.24) is 5.32 Å². The summed E-state index contributed by atoms with van der Waals surface area (Å²) in [6, 6.07) is 6.09. The SMILES string of the molecule is CC(=O)CC(=O)NC(=O)c1ccc(Cl)cc1. The molecule has 4 nitrogen and oxygen atoms in total. The summed E-state index contributed by atoms with van der Waals surface area (Å²) in [6.07, 6.45) is -0.292. The van der Waals surface area contributed by atoms with Gasteiger partial charge < -0.3 is 0 Å². The van der Waals surface area contributed by atoms with Crippen LogP contribution in [0, 0.1) is 0 Å². The molecule has 1 aromatic carbocycles. The lowest BCUT2D eigenvalue weighted by Crippen LogP contribution is -2.31. The molecule has 0 aliphatic carbocycles. The third-order valence-corrected chi connectivity index (χ3v) is 2.02. The molecule has 0 aliphatic heterocycles. The van der Waals surface area contributed by atoms with E-state index < -0.39 is 11.8 Å². The predicted molar refractivity (Wildman–Crippen MR) is 59.2 cm³/mol. The van der Waals surface area contributed by atoms with Crippen LogP contribution in [-0.2, 0) is 9.59 Å². The minimum atomic E-state index is -0.604. The van der Waals surface area contributed by atoms with Gasteiger partial charge in [0, 0.05) is 10.6 Å². The van der Waals surface area contributed by atoms with Crippen molar-refractivity contribution in [3.05, 3.63) is 34.9 Å². The predicted octanol–water partition coefficient (Wildman–Crippen LogP) is 1.58. The number of halogens is 1. The smallest absolute Gasteiger partial charge is 0.257 e. The van der Waals surface area contributed by atoms with E-state index in [9.17, 15) is 14.4 Å². The second-order valence-corrected chi connectivity index (χ2v) is 3.70. The number of hydrogen-bond acceptors (Lipinski definition) is 3. The van der Waals surface area contributed by atoms with Crippen LogP contribution in [0.5, 0.6) is 0 Å². The highest BCUT2D eigenvalue weighted by atomic mass is 35.5. The zero-order valence-electron chi connectivity index (χ0n) is 8.62. The zero-order chi connectivity index (χ0) is 12.1. The van der Waals surface area contributed by atoms with Crippen molar-refractivity contribution in [3.63, 3.8) is 0 Å². The van der Waals surface area contributed by atoms with Crippen molar-refractivity contribution < 1.29 is 14.4 Å². The molecule has 0 saturated carbocycles. The fourth-order valence-corrected chi connectivity index (χ4v) is 1.20. The average Bonchev–Trinajstić information content (AvgIpc) is 2.16. The van der Waals surface area contributed by atoms with Gasteiger partial charge in [-0.25, -0.2) is 0 Å². The highest BCUT2D eigenvalue weighted by Crippen LogP contribution is 2.09. The molecule has 0 heterocycles. The molecule has 0 atom stereocenters. The minimum Gasteiger partial charge on any atom is -0.299 e. The van der Waals surface area contributed by atoms with E-state index in [1.165, 1.54) is 19.1 Å². The number of carbonyl (C=O) groups excluding carboxylic acids is 3. The first-order chi connectivity index (χ1) is 7.49. The Kier molecular flexibility index (Phi) is 4.19. The van der Waals surface area contributed by atoms with Gasteiger partial charge in [0.2, 0.25) is 5.91 Å². The van der Waals surface area contributed by atoms with Crippen LogP contribution >= 0.6 is 11.6 Å². The van der Waals surface area contributed by atoms with E-state index >= 15 is 0 Å². The van der Waals surface area contributed by atoms with Crippen LogP contribution in [0.25, 0.3) is 0 Å². The third kappa shape index (κ3) is 3.82. The molecule has 0 aromatic heterocycles. The van der Waals surface area contributed by atoms with Gasteiger partial charge in [0.05, 0.1) is 6.42 Å². The minimum absolute atomic E-state index is 0.290. The fourth-order valence-electron chi connectivity index (χ4n) is 1.07. The molecule has 1 N–H and O–H groups in total. The number of rotatable bonds is 3. The molecule has 0 saturated heterocycles. The van der Waals surface area contributed by atoms with Gasteiger partial charge in [-0.05, 0) is 31.2 Å². The Bertz CT molecular complexity index is 425. The lowest BCUT2D eigenvalue weighted by Gasteiger charge is -2.02. The Morgan fingerprint density at radius 2 is 1.75 bits per heavy atom. The van der Waals surface area contributed by atoms with Crippen molar-refractivity contribution >= 4 is 29.2 Å². The monoisotopic (exact) mass is 239 g/mol. The molecule has 0 radical (unpaired) electrons. The van der Waals surface area contributed by atoms with E-state index in [4.69, 9.17) is 11.6 Å². The van der Waals surface area contributed by atoms with Crippen LogP contribution in [0.1, 0.15) is 23.7 Å². The first kappa shape index (κ1) is 12.4. The molecule has 2 amide bonds. The second kappa shape index (κ2) is 5.42. The van der Waals surface area contributed by atoms with E-state index in [0.29, 0.717) is 10.6 Å². The number of benzene rings is 1. The van der Waals surface area contributed by atoms with E-state index in [-0.39, 0.29) is 12.2 Å². The molecule has 0 unspecified atom stereocenters. The molecule has 1 rings (SSSR count). The number of amides is 2. The van der Waals surface area contributed by atoms with Crippen LogP contribution in [0.2, 0.25) is 5.02 Å². The standard InChI is InChI=1S/C11H10ClNO3/c1-7(14)6-10(15)13-11(16)8-2-4-9(12)5-3-8/h2-5H,6H2,1H3,(H,13,15,16). The maximum absolute atomic E-state index is 11.5. The summed E-state index contributed by atoms with van der Waals surface area (Å²) in [6.45, 7) is 1.28. The molecule has 0 aliphatic rings. The summed E-state index contributed by atoms with van der Waals surface area (Å²) in [5, 5.41) is 2.61. The third-order valence-electron chi connectivity index (χ3n) is 1.77. The first-order valence-corrected chi connectivity index (χ1v) is 4.96. The largest absolute Gasteiger partial charge is 0.299 e. The maximum atomic E-state index is 11.5. The number of hydrogen-bond donors (Lipinski definition) is 1. The van der Waals surface area contributed by atoms with Gasteiger partial charge in [-0.1, -0.05) is 11.6 Å². The van der Waals surface area contributed by atoms with Gasteiger partial charge in [0.25, 0.3) is 5.91 Å². The number of carbonyl (C=O) groups is 3. The normalized spacial score (nSPS) is 9.62. The van der Waals surface area contributed by atoms with Crippen molar-refractivity contribution in [2.75, 3.05) is 0 Å². The van der Waals surface area contributed by atoms with E-state index in [1.807, 2.05) is 0 Å². The molecule has 16 heavy (non-hydrogen) atoms. The van der Waals surface area contributed by atoms with Crippen molar-refractivity contribution in [2.45, 2.75) is 13.3 Å².